The van der Waals surface area contributed by atoms with E-state index < -0.39 is 0 Å². The van der Waals surface area contributed by atoms with Crippen molar-refractivity contribution in [2.24, 2.45) is 0 Å². The van der Waals surface area contributed by atoms with Gasteiger partial charge in [0.1, 0.15) is 0 Å². The van der Waals surface area contributed by atoms with E-state index in [0.29, 0.717) is 6.54 Å². The number of hydrogen-bond donors (Lipinski definition) is 2. The van der Waals surface area contributed by atoms with E-state index in [1.807, 2.05) is 0 Å². The van der Waals surface area contributed by atoms with Crippen molar-refractivity contribution in [2.75, 3.05) is 13.1 Å². The summed E-state index contributed by atoms with van der Waals surface area (Å²) in [6.45, 7) is 3.76. The fraction of sp³-hybridized carbons (Fsp3) is 0.647. The molecule has 0 aliphatic heterocycles. The number of hydrogen-bond acceptors (Lipinski definition) is 2. The van der Waals surface area contributed by atoms with E-state index >= 15 is 0 Å². The minimum Gasteiger partial charge on any atom is -0.387 e. The van der Waals surface area contributed by atoms with E-state index in [4.69, 9.17) is 0 Å². The zero-order valence-corrected chi connectivity index (χ0v) is 12.1. The zero-order valence-electron chi connectivity index (χ0n) is 12.1. The molecule has 0 spiro atoms. The Hall–Kier alpha value is -0.860. The number of nitrogens with one attached hydrogen (secondary N) is 1. The summed E-state index contributed by atoms with van der Waals surface area (Å²) in [7, 11) is 0. The van der Waals surface area contributed by atoms with Crippen LogP contribution in [0.2, 0.25) is 0 Å². The van der Waals surface area contributed by atoms with Crippen LogP contribution in [-0.4, -0.2) is 18.2 Å². The molecule has 2 N–H and O–H groups in total. The first-order valence-electron chi connectivity index (χ1n) is 7.80. The third-order valence-electron chi connectivity index (χ3n) is 4.16. The van der Waals surface area contributed by atoms with Crippen LogP contribution in [0.1, 0.15) is 68.6 Å². The molecule has 0 aromatic heterocycles. The molecule has 1 aromatic carbocycles. The van der Waals surface area contributed by atoms with Gasteiger partial charge in [0.25, 0.3) is 0 Å². The van der Waals surface area contributed by atoms with Crippen LogP contribution in [0.5, 0.6) is 0 Å². The van der Waals surface area contributed by atoms with Crippen molar-refractivity contribution in [2.45, 2.75) is 57.5 Å². The van der Waals surface area contributed by atoms with Crippen molar-refractivity contribution < 1.29 is 5.11 Å². The molecule has 0 bridgehead atoms. The molecule has 1 aliphatic carbocycles. The lowest BCUT2D eigenvalue weighted by Gasteiger charge is -2.22. The summed E-state index contributed by atoms with van der Waals surface area (Å²) in [6, 6.07) is 8.63. The highest BCUT2D eigenvalue weighted by Crippen LogP contribution is 2.32. The molecule has 1 fully saturated rings. The molecule has 1 unspecified atom stereocenters. The highest BCUT2D eigenvalue weighted by Gasteiger charge is 2.15. The Kier molecular flexibility index (Phi) is 5.87. The van der Waals surface area contributed by atoms with Gasteiger partial charge in [-0.15, -0.1) is 0 Å². The lowest BCUT2D eigenvalue weighted by molar-refractivity contribution is 0.175. The Balaban J connectivity index is 1.89. The molecule has 1 atom stereocenters. The van der Waals surface area contributed by atoms with Crippen molar-refractivity contribution in [1.29, 1.82) is 0 Å². The number of rotatable bonds is 6. The fourth-order valence-corrected chi connectivity index (χ4v) is 2.96. The quantitative estimate of drug-likeness (QED) is 0.764. The molecule has 106 valence electrons. The van der Waals surface area contributed by atoms with Crippen LogP contribution in [0, 0.1) is 0 Å². The largest absolute Gasteiger partial charge is 0.387 e. The Morgan fingerprint density at radius 1 is 1.16 bits per heavy atom. The summed E-state index contributed by atoms with van der Waals surface area (Å²) in [5, 5.41) is 13.3. The summed E-state index contributed by atoms with van der Waals surface area (Å²) < 4.78 is 0. The highest BCUT2D eigenvalue weighted by atomic mass is 16.3. The van der Waals surface area contributed by atoms with Crippen LogP contribution in [0.4, 0.5) is 0 Å². The Morgan fingerprint density at radius 3 is 2.47 bits per heavy atom. The second-order valence-electron chi connectivity index (χ2n) is 5.72. The average Bonchev–Trinajstić information content (AvgIpc) is 2.48. The van der Waals surface area contributed by atoms with E-state index in [2.05, 4.69) is 36.5 Å². The lowest BCUT2D eigenvalue weighted by Crippen LogP contribution is -2.22. The summed E-state index contributed by atoms with van der Waals surface area (Å²) in [6.07, 6.45) is 7.53. The number of aliphatic hydroxyl groups is 1. The molecule has 1 saturated carbocycles. The zero-order chi connectivity index (χ0) is 13.5. The molecular weight excluding hydrogens is 234 g/mol. The van der Waals surface area contributed by atoms with Crippen molar-refractivity contribution in [3.05, 3.63) is 35.4 Å². The Morgan fingerprint density at radius 2 is 1.84 bits per heavy atom. The Labute approximate surface area is 117 Å². The second kappa shape index (κ2) is 7.66. The van der Waals surface area contributed by atoms with Crippen LogP contribution < -0.4 is 5.32 Å². The van der Waals surface area contributed by atoms with Gasteiger partial charge in [0.05, 0.1) is 6.10 Å². The van der Waals surface area contributed by atoms with Gasteiger partial charge in [-0.2, -0.15) is 0 Å². The predicted molar refractivity (Wildman–Crippen MR) is 80.4 cm³/mol. The minimum atomic E-state index is -0.382. The van der Waals surface area contributed by atoms with E-state index in [9.17, 15) is 5.11 Å². The first kappa shape index (κ1) is 14.5. The normalized spacial score (nSPS) is 18.4. The van der Waals surface area contributed by atoms with Gasteiger partial charge in [-0.3, -0.25) is 0 Å². The predicted octanol–water partition coefficient (Wildman–Crippen LogP) is 3.77. The van der Waals surface area contributed by atoms with Gasteiger partial charge in [0, 0.05) is 6.54 Å². The summed E-state index contributed by atoms with van der Waals surface area (Å²) in [4.78, 5) is 0. The van der Waals surface area contributed by atoms with Gasteiger partial charge >= 0.3 is 0 Å². The molecular formula is C17H27NO. The van der Waals surface area contributed by atoms with E-state index in [1.165, 1.54) is 37.7 Å². The minimum absolute atomic E-state index is 0.382. The monoisotopic (exact) mass is 261 g/mol. The Bertz CT molecular complexity index is 354. The van der Waals surface area contributed by atoms with E-state index in [0.717, 1.165) is 24.4 Å². The summed E-state index contributed by atoms with van der Waals surface area (Å²) >= 11 is 0. The average molecular weight is 261 g/mol. The molecule has 0 saturated heterocycles. The van der Waals surface area contributed by atoms with Gasteiger partial charge < -0.3 is 10.4 Å². The molecule has 0 radical (unpaired) electrons. The third kappa shape index (κ3) is 4.32. The number of aliphatic hydroxyl groups excluding tert-OH is 1. The molecule has 1 aliphatic rings. The maximum atomic E-state index is 10.1. The molecule has 0 heterocycles. The number of benzene rings is 1. The van der Waals surface area contributed by atoms with Crippen molar-refractivity contribution in [3.8, 4) is 0 Å². The van der Waals surface area contributed by atoms with Crippen LogP contribution in [0.3, 0.4) is 0 Å². The third-order valence-corrected chi connectivity index (χ3v) is 4.16. The van der Waals surface area contributed by atoms with Gasteiger partial charge in [0.15, 0.2) is 0 Å². The van der Waals surface area contributed by atoms with Crippen molar-refractivity contribution in [3.63, 3.8) is 0 Å². The molecule has 2 heteroatoms. The SMILES string of the molecule is CCCNCC(O)c1ccc(C2CCCCC2)cc1. The highest BCUT2D eigenvalue weighted by molar-refractivity contribution is 5.27. The van der Waals surface area contributed by atoms with Gasteiger partial charge in [-0.05, 0) is 42.9 Å². The molecule has 2 rings (SSSR count). The van der Waals surface area contributed by atoms with Crippen molar-refractivity contribution >= 4 is 0 Å². The molecule has 2 nitrogen and oxygen atoms in total. The smallest absolute Gasteiger partial charge is 0.0914 e. The van der Waals surface area contributed by atoms with Crippen LogP contribution >= 0.6 is 0 Å². The van der Waals surface area contributed by atoms with Crippen LogP contribution in [0.15, 0.2) is 24.3 Å². The van der Waals surface area contributed by atoms with E-state index in [-0.39, 0.29) is 6.10 Å². The van der Waals surface area contributed by atoms with Gasteiger partial charge in [0.2, 0.25) is 0 Å². The molecule has 19 heavy (non-hydrogen) atoms. The second-order valence-corrected chi connectivity index (χ2v) is 5.72. The summed E-state index contributed by atoms with van der Waals surface area (Å²) in [5.41, 5.74) is 2.49. The van der Waals surface area contributed by atoms with E-state index in [1.54, 1.807) is 0 Å². The van der Waals surface area contributed by atoms with Crippen molar-refractivity contribution in [1.82, 2.24) is 5.32 Å². The standard InChI is InChI=1S/C17H27NO/c1-2-12-18-13-17(19)16-10-8-15(9-11-16)14-6-4-3-5-7-14/h8-11,14,17-19H,2-7,12-13H2,1H3. The first-order valence-corrected chi connectivity index (χ1v) is 7.80. The van der Waals surface area contributed by atoms with Gasteiger partial charge in [-0.1, -0.05) is 50.5 Å². The van der Waals surface area contributed by atoms with Crippen LogP contribution in [0.25, 0.3) is 0 Å². The van der Waals surface area contributed by atoms with Gasteiger partial charge in [-0.25, -0.2) is 0 Å². The first-order chi connectivity index (χ1) is 9.31. The lowest BCUT2D eigenvalue weighted by atomic mass is 9.84. The fourth-order valence-electron chi connectivity index (χ4n) is 2.96. The topological polar surface area (TPSA) is 32.3 Å². The summed E-state index contributed by atoms with van der Waals surface area (Å²) in [5.74, 6) is 0.748. The molecule has 0 amide bonds. The maximum absolute atomic E-state index is 10.1. The molecule has 1 aromatic rings. The van der Waals surface area contributed by atoms with Crippen LogP contribution in [-0.2, 0) is 0 Å². The maximum Gasteiger partial charge on any atom is 0.0914 e.